The SMILES string of the molecule is C=CCC(NC(=O)Nc1ccc(C)c([N+](=O)[O-])c1)C(=O)O. The summed E-state index contributed by atoms with van der Waals surface area (Å²) in [7, 11) is 0. The number of carbonyl (C=O) groups excluding carboxylic acids is 1. The van der Waals surface area contributed by atoms with Crippen molar-refractivity contribution < 1.29 is 19.6 Å². The minimum atomic E-state index is -1.19. The van der Waals surface area contributed by atoms with E-state index in [4.69, 9.17) is 5.11 Å². The standard InChI is InChI=1S/C13H15N3O5/c1-3-4-10(12(17)18)15-13(19)14-9-6-5-8(2)11(7-9)16(20)21/h3,5-7,10H,1,4H2,2H3,(H,17,18)(H2,14,15,19). The molecule has 0 heterocycles. The molecule has 0 bridgehead atoms. The maximum absolute atomic E-state index is 11.7. The van der Waals surface area contributed by atoms with Gasteiger partial charge in [0.1, 0.15) is 6.04 Å². The van der Waals surface area contributed by atoms with Gasteiger partial charge in [0.15, 0.2) is 0 Å². The summed E-state index contributed by atoms with van der Waals surface area (Å²) in [4.78, 5) is 32.8. The first-order valence-electron chi connectivity index (χ1n) is 6.01. The van der Waals surface area contributed by atoms with Crippen molar-refractivity contribution >= 4 is 23.4 Å². The molecule has 3 N–H and O–H groups in total. The van der Waals surface area contributed by atoms with Gasteiger partial charge in [-0.15, -0.1) is 6.58 Å². The number of benzene rings is 1. The number of nitrogens with one attached hydrogen (secondary N) is 2. The van der Waals surface area contributed by atoms with Crippen LogP contribution in [0.2, 0.25) is 0 Å². The number of nitro groups is 1. The molecule has 0 spiro atoms. The third kappa shape index (κ3) is 4.60. The number of carbonyl (C=O) groups is 2. The van der Waals surface area contributed by atoms with Gasteiger partial charge < -0.3 is 15.7 Å². The number of hydrogen-bond acceptors (Lipinski definition) is 4. The number of aliphatic carboxylic acids is 1. The Bertz CT molecular complexity index is 585. The lowest BCUT2D eigenvalue weighted by atomic mass is 10.2. The molecular weight excluding hydrogens is 278 g/mol. The van der Waals surface area contributed by atoms with Crippen LogP contribution in [0.25, 0.3) is 0 Å². The summed E-state index contributed by atoms with van der Waals surface area (Å²) < 4.78 is 0. The van der Waals surface area contributed by atoms with E-state index in [0.29, 0.717) is 5.56 Å². The van der Waals surface area contributed by atoms with E-state index >= 15 is 0 Å². The summed E-state index contributed by atoms with van der Waals surface area (Å²) in [5.41, 5.74) is 0.530. The molecule has 2 amide bonds. The number of rotatable bonds is 6. The van der Waals surface area contributed by atoms with E-state index in [1.807, 2.05) is 0 Å². The number of nitrogens with zero attached hydrogens (tertiary/aromatic N) is 1. The molecule has 0 aliphatic heterocycles. The third-order valence-electron chi connectivity index (χ3n) is 2.67. The van der Waals surface area contributed by atoms with Gasteiger partial charge >= 0.3 is 12.0 Å². The van der Waals surface area contributed by atoms with Crippen LogP contribution in [0.1, 0.15) is 12.0 Å². The van der Waals surface area contributed by atoms with Crippen molar-refractivity contribution in [1.82, 2.24) is 5.32 Å². The maximum atomic E-state index is 11.7. The lowest BCUT2D eigenvalue weighted by molar-refractivity contribution is -0.385. The second kappa shape index (κ2) is 7.04. The molecule has 0 aliphatic rings. The number of hydrogen-bond donors (Lipinski definition) is 3. The normalized spacial score (nSPS) is 11.3. The predicted octanol–water partition coefficient (Wildman–Crippen LogP) is 2.05. The molecule has 0 aromatic heterocycles. The van der Waals surface area contributed by atoms with Gasteiger partial charge in [-0.2, -0.15) is 0 Å². The van der Waals surface area contributed by atoms with Crippen molar-refractivity contribution in [2.24, 2.45) is 0 Å². The zero-order valence-corrected chi connectivity index (χ0v) is 11.3. The molecule has 0 saturated heterocycles. The Balaban J connectivity index is 2.79. The fourth-order valence-electron chi connectivity index (χ4n) is 1.60. The van der Waals surface area contributed by atoms with Gasteiger partial charge in [-0.05, 0) is 19.4 Å². The molecule has 8 nitrogen and oxygen atoms in total. The number of anilines is 1. The number of urea groups is 1. The lowest BCUT2D eigenvalue weighted by Crippen LogP contribution is -2.42. The van der Waals surface area contributed by atoms with Crippen LogP contribution in [0.15, 0.2) is 30.9 Å². The zero-order valence-electron chi connectivity index (χ0n) is 11.3. The Labute approximate surface area is 120 Å². The van der Waals surface area contributed by atoms with Crippen molar-refractivity contribution in [1.29, 1.82) is 0 Å². The van der Waals surface area contributed by atoms with Gasteiger partial charge in [0, 0.05) is 17.3 Å². The van der Waals surface area contributed by atoms with Crippen molar-refractivity contribution in [2.45, 2.75) is 19.4 Å². The first kappa shape index (κ1) is 16.2. The monoisotopic (exact) mass is 293 g/mol. The second-order valence-corrected chi connectivity index (χ2v) is 4.27. The molecule has 0 radical (unpaired) electrons. The van der Waals surface area contributed by atoms with Crippen LogP contribution in [0, 0.1) is 17.0 Å². The van der Waals surface area contributed by atoms with Crippen molar-refractivity contribution in [2.75, 3.05) is 5.32 Å². The summed E-state index contributed by atoms with van der Waals surface area (Å²) in [6.07, 6.45) is 1.44. The van der Waals surface area contributed by atoms with Crippen molar-refractivity contribution in [3.05, 3.63) is 46.5 Å². The Morgan fingerprint density at radius 2 is 2.19 bits per heavy atom. The number of nitro benzene ring substituents is 1. The fourth-order valence-corrected chi connectivity index (χ4v) is 1.60. The van der Waals surface area contributed by atoms with E-state index in [-0.39, 0.29) is 17.8 Å². The summed E-state index contributed by atoms with van der Waals surface area (Å²) >= 11 is 0. The number of carboxylic acid groups (broad SMARTS) is 1. The zero-order chi connectivity index (χ0) is 16.0. The summed E-state index contributed by atoms with van der Waals surface area (Å²) in [6, 6.07) is 2.32. The number of amides is 2. The van der Waals surface area contributed by atoms with Gasteiger partial charge in [-0.1, -0.05) is 12.1 Å². The highest BCUT2D eigenvalue weighted by Gasteiger charge is 2.19. The molecule has 1 rings (SSSR count). The van der Waals surface area contributed by atoms with Gasteiger partial charge in [-0.25, -0.2) is 9.59 Å². The largest absolute Gasteiger partial charge is 0.480 e. The van der Waals surface area contributed by atoms with E-state index in [9.17, 15) is 19.7 Å². The van der Waals surface area contributed by atoms with Gasteiger partial charge in [-0.3, -0.25) is 10.1 Å². The van der Waals surface area contributed by atoms with Crippen molar-refractivity contribution in [3.8, 4) is 0 Å². The first-order valence-corrected chi connectivity index (χ1v) is 6.01. The van der Waals surface area contributed by atoms with Crippen molar-refractivity contribution in [3.63, 3.8) is 0 Å². The molecule has 8 heteroatoms. The van der Waals surface area contributed by atoms with Crippen LogP contribution in [-0.4, -0.2) is 28.1 Å². The molecular formula is C13H15N3O5. The third-order valence-corrected chi connectivity index (χ3v) is 2.67. The quantitative estimate of drug-likeness (QED) is 0.421. The number of aryl methyl sites for hydroxylation is 1. The lowest BCUT2D eigenvalue weighted by Gasteiger charge is -2.13. The Morgan fingerprint density at radius 3 is 2.71 bits per heavy atom. The average Bonchev–Trinajstić information content (AvgIpc) is 2.40. The van der Waals surface area contributed by atoms with Gasteiger partial charge in [0.2, 0.25) is 0 Å². The molecule has 1 aromatic rings. The summed E-state index contributed by atoms with van der Waals surface area (Å²) in [5.74, 6) is -1.19. The van der Waals surface area contributed by atoms with E-state index in [1.54, 1.807) is 6.92 Å². The van der Waals surface area contributed by atoms with E-state index < -0.39 is 23.0 Å². The van der Waals surface area contributed by atoms with Gasteiger partial charge in [0.05, 0.1) is 4.92 Å². The first-order chi connectivity index (χ1) is 9.85. The van der Waals surface area contributed by atoms with Gasteiger partial charge in [0.25, 0.3) is 5.69 Å². The van der Waals surface area contributed by atoms with Crippen LogP contribution in [0.5, 0.6) is 0 Å². The molecule has 0 aliphatic carbocycles. The molecule has 0 saturated carbocycles. The van der Waals surface area contributed by atoms with Crippen LogP contribution < -0.4 is 10.6 Å². The smallest absolute Gasteiger partial charge is 0.326 e. The Kier molecular flexibility index (Phi) is 5.41. The highest BCUT2D eigenvalue weighted by atomic mass is 16.6. The Hall–Kier alpha value is -2.90. The highest BCUT2D eigenvalue weighted by Crippen LogP contribution is 2.22. The van der Waals surface area contributed by atoms with E-state index in [0.717, 1.165) is 0 Å². The summed E-state index contributed by atoms with van der Waals surface area (Å²) in [5, 5.41) is 24.3. The van der Waals surface area contributed by atoms with E-state index in [1.165, 1.54) is 24.3 Å². The molecule has 1 aromatic carbocycles. The fraction of sp³-hybridized carbons (Fsp3) is 0.231. The minimum Gasteiger partial charge on any atom is -0.480 e. The van der Waals surface area contributed by atoms with E-state index in [2.05, 4.69) is 17.2 Å². The molecule has 0 fully saturated rings. The maximum Gasteiger partial charge on any atom is 0.326 e. The molecule has 21 heavy (non-hydrogen) atoms. The van der Waals surface area contributed by atoms with Crippen LogP contribution >= 0.6 is 0 Å². The molecule has 1 atom stereocenters. The summed E-state index contributed by atoms with van der Waals surface area (Å²) in [6.45, 7) is 4.98. The average molecular weight is 293 g/mol. The van der Waals surface area contributed by atoms with Crippen LogP contribution in [0.4, 0.5) is 16.2 Å². The van der Waals surface area contributed by atoms with Crippen LogP contribution in [-0.2, 0) is 4.79 Å². The molecule has 1 unspecified atom stereocenters. The second-order valence-electron chi connectivity index (χ2n) is 4.27. The highest BCUT2D eigenvalue weighted by molar-refractivity contribution is 5.92. The predicted molar refractivity (Wildman–Crippen MR) is 76.2 cm³/mol. The number of carboxylic acids is 1. The topological polar surface area (TPSA) is 122 Å². The minimum absolute atomic E-state index is 0.0663. The van der Waals surface area contributed by atoms with Crippen LogP contribution in [0.3, 0.4) is 0 Å². The molecule has 112 valence electrons. The Morgan fingerprint density at radius 1 is 1.52 bits per heavy atom.